The van der Waals surface area contributed by atoms with Crippen molar-refractivity contribution in [1.29, 1.82) is 0 Å². The van der Waals surface area contributed by atoms with Crippen LogP contribution in [0.4, 0.5) is 5.69 Å². The number of rotatable bonds is 4. The topological polar surface area (TPSA) is 69.7 Å². The van der Waals surface area contributed by atoms with E-state index in [-0.39, 0.29) is 10.8 Å². The first-order chi connectivity index (χ1) is 12.8. The number of carbonyl (C=O) groups is 1. The minimum Gasteiger partial charge on any atom is -0.322 e. The fourth-order valence-corrected chi connectivity index (χ4v) is 4.76. The number of halogens is 1. The first-order valence-electron chi connectivity index (χ1n) is 8.63. The molecule has 27 heavy (non-hydrogen) atoms. The highest BCUT2D eigenvalue weighted by Gasteiger charge is 2.27. The summed E-state index contributed by atoms with van der Waals surface area (Å²) in [5, 5.41) is 2.81. The molecule has 1 heterocycles. The third kappa shape index (κ3) is 4.68. The van der Waals surface area contributed by atoms with Gasteiger partial charge in [-0.1, -0.05) is 6.07 Å². The van der Waals surface area contributed by atoms with Crippen LogP contribution in [-0.2, 0) is 10.0 Å². The van der Waals surface area contributed by atoms with Gasteiger partial charge >= 0.3 is 0 Å². The Labute approximate surface area is 173 Å². The van der Waals surface area contributed by atoms with Gasteiger partial charge in [-0.2, -0.15) is 4.31 Å². The molecule has 1 saturated heterocycles. The predicted molar refractivity (Wildman–Crippen MR) is 115 cm³/mol. The SMILES string of the molecule is Cc1ccc(C(=O)Nc2ccc(S(=O)(=O)N3CCN(C)CC3)cc2)cc1I. The van der Waals surface area contributed by atoms with E-state index in [4.69, 9.17) is 0 Å². The van der Waals surface area contributed by atoms with Crippen LogP contribution in [0.5, 0.6) is 0 Å². The Morgan fingerprint density at radius 3 is 2.26 bits per heavy atom. The first kappa shape index (κ1) is 20.2. The van der Waals surface area contributed by atoms with E-state index in [1.54, 1.807) is 30.3 Å². The number of hydrogen-bond donors (Lipinski definition) is 1. The molecule has 0 atom stereocenters. The monoisotopic (exact) mass is 499 g/mol. The molecular formula is C19H22IN3O3S. The van der Waals surface area contributed by atoms with Gasteiger partial charge in [0, 0.05) is 41.0 Å². The van der Waals surface area contributed by atoms with E-state index in [1.165, 1.54) is 4.31 Å². The Morgan fingerprint density at radius 1 is 1.04 bits per heavy atom. The fraction of sp³-hybridized carbons (Fsp3) is 0.316. The summed E-state index contributed by atoms with van der Waals surface area (Å²) >= 11 is 2.20. The van der Waals surface area contributed by atoms with Crippen LogP contribution in [-0.4, -0.2) is 56.8 Å². The predicted octanol–water partition coefficient (Wildman–Crippen LogP) is 2.79. The molecule has 1 aliphatic rings. The molecule has 2 aromatic carbocycles. The molecular weight excluding hydrogens is 477 g/mol. The zero-order chi connectivity index (χ0) is 19.6. The maximum atomic E-state index is 12.7. The Morgan fingerprint density at radius 2 is 1.67 bits per heavy atom. The van der Waals surface area contributed by atoms with Crippen LogP contribution in [0.2, 0.25) is 0 Å². The molecule has 3 rings (SSSR count). The quantitative estimate of drug-likeness (QED) is 0.658. The van der Waals surface area contributed by atoms with Crippen molar-refractivity contribution in [3.8, 4) is 0 Å². The molecule has 0 aromatic heterocycles. The van der Waals surface area contributed by atoms with Crippen LogP contribution < -0.4 is 5.32 Å². The van der Waals surface area contributed by atoms with Gasteiger partial charge < -0.3 is 10.2 Å². The smallest absolute Gasteiger partial charge is 0.255 e. The summed E-state index contributed by atoms with van der Waals surface area (Å²) in [6.45, 7) is 4.42. The second-order valence-corrected chi connectivity index (χ2v) is 9.75. The summed E-state index contributed by atoms with van der Waals surface area (Å²) in [5.41, 5.74) is 2.25. The summed E-state index contributed by atoms with van der Waals surface area (Å²) < 4.78 is 28.0. The van der Waals surface area contributed by atoms with Gasteiger partial charge in [0.05, 0.1) is 4.90 Å². The number of nitrogens with one attached hydrogen (secondary N) is 1. The van der Waals surface area contributed by atoms with Crippen molar-refractivity contribution < 1.29 is 13.2 Å². The average molecular weight is 499 g/mol. The van der Waals surface area contributed by atoms with Gasteiger partial charge in [0.2, 0.25) is 10.0 Å². The second kappa shape index (κ2) is 8.26. The third-order valence-corrected chi connectivity index (χ3v) is 7.72. The maximum absolute atomic E-state index is 12.7. The number of aryl methyl sites for hydroxylation is 1. The zero-order valence-corrected chi connectivity index (χ0v) is 18.2. The van der Waals surface area contributed by atoms with E-state index >= 15 is 0 Å². The normalized spacial score (nSPS) is 16.3. The lowest BCUT2D eigenvalue weighted by atomic mass is 10.1. The minimum absolute atomic E-state index is 0.220. The average Bonchev–Trinajstić information content (AvgIpc) is 2.64. The van der Waals surface area contributed by atoms with Gasteiger partial charge in [0.25, 0.3) is 5.91 Å². The fourth-order valence-electron chi connectivity index (χ4n) is 2.83. The number of carbonyl (C=O) groups excluding carboxylic acids is 1. The summed E-state index contributed by atoms with van der Waals surface area (Å²) in [7, 11) is -1.52. The first-order valence-corrected chi connectivity index (χ1v) is 11.2. The van der Waals surface area contributed by atoms with Gasteiger partial charge in [0.1, 0.15) is 0 Å². The standard InChI is InChI=1S/C19H22IN3O3S/c1-14-3-4-15(13-18(14)20)19(24)21-16-5-7-17(8-6-16)27(25,26)23-11-9-22(2)10-12-23/h3-8,13H,9-12H2,1-2H3,(H,21,24). The van der Waals surface area contributed by atoms with Crippen LogP contribution in [0, 0.1) is 10.5 Å². The number of hydrogen-bond acceptors (Lipinski definition) is 4. The van der Waals surface area contributed by atoms with Gasteiger partial charge in [-0.3, -0.25) is 4.79 Å². The number of nitrogens with zero attached hydrogens (tertiary/aromatic N) is 2. The Bertz CT molecular complexity index is 937. The zero-order valence-electron chi connectivity index (χ0n) is 15.3. The Hall–Kier alpha value is -1.49. The van der Waals surface area contributed by atoms with Crippen molar-refractivity contribution >= 4 is 44.2 Å². The molecule has 2 aromatic rings. The molecule has 1 N–H and O–H groups in total. The van der Waals surface area contributed by atoms with E-state index < -0.39 is 10.0 Å². The van der Waals surface area contributed by atoms with Crippen molar-refractivity contribution in [2.75, 3.05) is 38.5 Å². The summed E-state index contributed by atoms with van der Waals surface area (Å²) in [4.78, 5) is 14.7. The molecule has 0 bridgehead atoms. The van der Waals surface area contributed by atoms with E-state index in [1.807, 2.05) is 26.1 Å². The molecule has 6 nitrogen and oxygen atoms in total. The van der Waals surface area contributed by atoms with Gasteiger partial charge in [-0.15, -0.1) is 0 Å². The summed E-state index contributed by atoms with van der Waals surface area (Å²) in [6.07, 6.45) is 0. The number of benzene rings is 2. The molecule has 0 spiro atoms. The van der Waals surface area contributed by atoms with Crippen molar-refractivity contribution in [1.82, 2.24) is 9.21 Å². The Kier molecular flexibility index (Phi) is 6.19. The second-order valence-electron chi connectivity index (χ2n) is 6.65. The minimum atomic E-state index is -3.50. The third-order valence-electron chi connectivity index (χ3n) is 4.65. The van der Waals surface area contributed by atoms with Crippen LogP contribution in [0.3, 0.4) is 0 Å². The Balaban J connectivity index is 1.71. The molecule has 0 saturated carbocycles. The highest BCUT2D eigenvalue weighted by molar-refractivity contribution is 14.1. The van der Waals surface area contributed by atoms with E-state index in [9.17, 15) is 13.2 Å². The molecule has 0 aliphatic carbocycles. The molecule has 1 amide bonds. The largest absolute Gasteiger partial charge is 0.322 e. The lowest BCUT2D eigenvalue weighted by Crippen LogP contribution is -2.46. The van der Waals surface area contributed by atoms with Gasteiger partial charge in [-0.05, 0) is 78.5 Å². The van der Waals surface area contributed by atoms with Crippen LogP contribution in [0.15, 0.2) is 47.4 Å². The van der Waals surface area contributed by atoms with Crippen LogP contribution in [0.1, 0.15) is 15.9 Å². The molecule has 1 fully saturated rings. The number of likely N-dealkylation sites (N-methyl/N-ethyl adjacent to an activating group) is 1. The number of amides is 1. The summed E-state index contributed by atoms with van der Waals surface area (Å²) in [5.74, 6) is -0.220. The van der Waals surface area contributed by atoms with Crippen LogP contribution >= 0.6 is 22.6 Å². The van der Waals surface area contributed by atoms with Gasteiger partial charge in [-0.25, -0.2) is 8.42 Å². The van der Waals surface area contributed by atoms with E-state index in [2.05, 4.69) is 32.8 Å². The van der Waals surface area contributed by atoms with Crippen LogP contribution in [0.25, 0.3) is 0 Å². The van der Waals surface area contributed by atoms with Crippen molar-refractivity contribution in [3.05, 3.63) is 57.2 Å². The lowest BCUT2D eigenvalue weighted by molar-refractivity contribution is 0.102. The van der Waals surface area contributed by atoms with E-state index in [0.29, 0.717) is 24.3 Å². The van der Waals surface area contributed by atoms with Crippen molar-refractivity contribution in [2.24, 2.45) is 0 Å². The van der Waals surface area contributed by atoms with Crippen molar-refractivity contribution in [2.45, 2.75) is 11.8 Å². The lowest BCUT2D eigenvalue weighted by Gasteiger charge is -2.31. The molecule has 0 unspecified atom stereocenters. The highest BCUT2D eigenvalue weighted by atomic mass is 127. The number of sulfonamides is 1. The van der Waals surface area contributed by atoms with Gasteiger partial charge in [0.15, 0.2) is 0 Å². The summed E-state index contributed by atoms with van der Waals surface area (Å²) in [6, 6.07) is 11.9. The van der Waals surface area contributed by atoms with Crippen molar-refractivity contribution in [3.63, 3.8) is 0 Å². The number of anilines is 1. The number of piperazine rings is 1. The molecule has 144 valence electrons. The molecule has 0 radical (unpaired) electrons. The highest BCUT2D eigenvalue weighted by Crippen LogP contribution is 2.20. The van der Waals surface area contributed by atoms with E-state index in [0.717, 1.165) is 22.2 Å². The molecule has 8 heteroatoms. The maximum Gasteiger partial charge on any atom is 0.255 e. The molecule has 1 aliphatic heterocycles.